The molecule has 1 fully saturated rings. The van der Waals surface area contributed by atoms with Crippen LogP contribution < -0.4 is 5.32 Å². The van der Waals surface area contributed by atoms with Gasteiger partial charge in [-0.25, -0.2) is 0 Å². The highest BCUT2D eigenvalue weighted by atomic mass is 32.1. The normalized spacial score (nSPS) is 18.0. The standard InChI is InChI=1S/C17H22N4O2S/c22-11-5-9-14-8-4-10-21(14)12-15-19-20-17(24-15)16(23)18-13-6-2-1-3-7-13/h1-3,6-7,14,22H,4-5,8-12H2,(H,18,23). The van der Waals surface area contributed by atoms with E-state index in [0.717, 1.165) is 36.6 Å². The minimum atomic E-state index is -0.219. The maximum absolute atomic E-state index is 12.2. The summed E-state index contributed by atoms with van der Waals surface area (Å²) < 4.78 is 0. The Morgan fingerprint density at radius 3 is 2.96 bits per heavy atom. The van der Waals surface area contributed by atoms with Gasteiger partial charge in [0.1, 0.15) is 5.01 Å². The lowest BCUT2D eigenvalue weighted by Crippen LogP contribution is -2.29. The number of aliphatic hydroxyl groups is 1. The van der Waals surface area contributed by atoms with E-state index in [0.29, 0.717) is 11.0 Å². The van der Waals surface area contributed by atoms with Gasteiger partial charge in [-0.3, -0.25) is 9.69 Å². The summed E-state index contributed by atoms with van der Waals surface area (Å²) in [7, 11) is 0. The number of likely N-dealkylation sites (tertiary alicyclic amines) is 1. The summed E-state index contributed by atoms with van der Waals surface area (Å²) in [6.07, 6.45) is 4.19. The van der Waals surface area contributed by atoms with Crippen molar-refractivity contribution in [3.05, 3.63) is 40.3 Å². The van der Waals surface area contributed by atoms with Crippen LogP contribution in [0.2, 0.25) is 0 Å². The summed E-state index contributed by atoms with van der Waals surface area (Å²) >= 11 is 1.35. The van der Waals surface area contributed by atoms with Crippen LogP contribution in [0.4, 0.5) is 5.69 Å². The molecule has 0 bridgehead atoms. The molecule has 24 heavy (non-hydrogen) atoms. The van der Waals surface area contributed by atoms with Crippen molar-refractivity contribution in [2.45, 2.75) is 38.3 Å². The van der Waals surface area contributed by atoms with Crippen LogP contribution in [0.1, 0.15) is 40.5 Å². The molecule has 128 valence electrons. The van der Waals surface area contributed by atoms with Gasteiger partial charge in [0, 0.05) is 18.3 Å². The van der Waals surface area contributed by atoms with Crippen molar-refractivity contribution in [2.24, 2.45) is 0 Å². The first kappa shape index (κ1) is 17.0. The van der Waals surface area contributed by atoms with Crippen molar-refractivity contribution < 1.29 is 9.90 Å². The number of carbonyl (C=O) groups is 1. The Labute approximate surface area is 145 Å². The topological polar surface area (TPSA) is 78.4 Å². The number of aromatic nitrogens is 2. The zero-order chi connectivity index (χ0) is 16.8. The van der Waals surface area contributed by atoms with E-state index < -0.39 is 0 Å². The van der Waals surface area contributed by atoms with Crippen LogP contribution in [0.15, 0.2) is 30.3 Å². The van der Waals surface area contributed by atoms with Gasteiger partial charge in [-0.1, -0.05) is 29.5 Å². The monoisotopic (exact) mass is 346 g/mol. The zero-order valence-corrected chi connectivity index (χ0v) is 14.3. The third-order valence-electron chi connectivity index (χ3n) is 4.23. The Morgan fingerprint density at radius 1 is 1.33 bits per heavy atom. The van der Waals surface area contributed by atoms with Crippen LogP contribution >= 0.6 is 11.3 Å². The summed E-state index contributed by atoms with van der Waals surface area (Å²) in [6, 6.07) is 9.85. The van der Waals surface area contributed by atoms with Gasteiger partial charge in [-0.05, 0) is 44.4 Å². The largest absolute Gasteiger partial charge is 0.396 e. The summed E-state index contributed by atoms with van der Waals surface area (Å²) in [5.41, 5.74) is 0.753. The fourth-order valence-electron chi connectivity index (χ4n) is 3.05. The van der Waals surface area contributed by atoms with E-state index in [2.05, 4.69) is 20.4 Å². The SMILES string of the molecule is O=C(Nc1ccccc1)c1nnc(CN2CCCC2CCCO)s1. The smallest absolute Gasteiger partial charge is 0.286 e. The molecule has 1 amide bonds. The van der Waals surface area contributed by atoms with Crippen molar-refractivity contribution in [1.82, 2.24) is 15.1 Å². The predicted molar refractivity (Wildman–Crippen MR) is 94.1 cm³/mol. The summed E-state index contributed by atoms with van der Waals surface area (Å²) in [5, 5.41) is 21.3. The maximum Gasteiger partial charge on any atom is 0.286 e. The third kappa shape index (κ3) is 4.37. The second kappa shape index (κ2) is 8.32. The third-order valence-corrected chi connectivity index (χ3v) is 5.13. The number of anilines is 1. The van der Waals surface area contributed by atoms with Crippen molar-refractivity contribution in [3.8, 4) is 0 Å². The first-order chi connectivity index (χ1) is 11.8. The first-order valence-corrected chi connectivity index (χ1v) is 9.11. The average Bonchev–Trinajstić information content (AvgIpc) is 3.24. The van der Waals surface area contributed by atoms with E-state index in [4.69, 9.17) is 5.11 Å². The number of benzene rings is 1. The Morgan fingerprint density at radius 2 is 2.17 bits per heavy atom. The number of nitrogens with one attached hydrogen (secondary N) is 1. The molecule has 7 heteroatoms. The minimum absolute atomic E-state index is 0.219. The summed E-state index contributed by atoms with van der Waals surface area (Å²) in [6.45, 7) is 2.01. The molecule has 1 aromatic carbocycles. The number of hydrogen-bond donors (Lipinski definition) is 2. The van der Waals surface area contributed by atoms with Crippen LogP contribution in [-0.2, 0) is 6.54 Å². The van der Waals surface area contributed by atoms with E-state index in [1.807, 2.05) is 30.3 Å². The van der Waals surface area contributed by atoms with Crippen LogP contribution in [0.5, 0.6) is 0 Å². The van der Waals surface area contributed by atoms with Crippen LogP contribution in [0.3, 0.4) is 0 Å². The molecule has 1 aliphatic heterocycles. The molecule has 1 atom stereocenters. The molecule has 6 nitrogen and oxygen atoms in total. The average molecular weight is 346 g/mol. The van der Waals surface area contributed by atoms with Gasteiger partial charge in [0.25, 0.3) is 5.91 Å². The lowest BCUT2D eigenvalue weighted by Gasteiger charge is -2.22. The minimum Gasteiger partial charge on any atom is -0.396 e. The number of hydrogen-bond acceptors (Lipinski definition) is 6. The number of aliphatic hydroxyl groups excluding tert-OH is 1. The number of carbonyl (C=O) groups excluding carboxylic acids is 1. The quantitative estimate of drug-likeness (QED) is 0.805. The number of rotatable bonds is 7. The molecule has 1 aliphatic rings. The fraction of sp³-hybridized carbons (Fsp3) is 0.471. The molecular weight excluding hydrogens is 324 g/mol. The van der Waals surface area contributed by atoms with Gasteiger partial charge in [-0.15, -0.1) is 10.2 Å². The van der Waals surface area contributed by atoms with Crippen LogP contribution in [-0.4, -0.2) is 45.3 Å². The highest BCUT2D eigenvalue weighted by Gasteiger charge is 2.25. The molecule has 1 aromatic heterocycles. The molecule has 2 heterocycles. The highest BCUT2D eigenvalue weighted by Crippen LogP contribution is 2.24. The van der Waals surface area contributed by atoms with E-state index in [1.165, 1.54) is 24.2 Å². The number of nitrogens with zero attached hydrogens (tertiary/aromatic N) is 3. The van der Waals surface area contributed by atoms with Gasteiger partial charge >= 0.3 is 0 Å². The Kier molecular flexibility index (Phi) is 5.90. The molecule has 1 saturated heterocycles. The van der Waals surface area contributed by atoms with Gasteiger partial charge in [0.15, 0.2) is 0 Å². The summed E-state index contributed by atoms with van der Waals surface area (Å²) in [4.78, 5) is 14.6. The molecule has 0 saturated carbocycles. The predicted octanol–water partition coefficient (Wildman–Crippen LogP) is 2.53. The van der Waals surface area contributed by atoms with Gasteiger partial charge in [0.05, 0.1) is 6.54 Å². The first-order valence-electron chi connectivity index (χ1n) is 8.30. The number of para-hydroxylation sites is 1. The summed E-state index contributed by atoms with van der Waals surface area (Å²) in [5.74, 6) is -0.219. The lowest BCUT2D eigenvalue weighted by molar-refractivity contribution is 0.102. The van der Waals surface area contributed by atoms with Gasteiger partial charge < -0.3 is 10.4 Å². The molecule has 3 rings (SSSR count). The van der Waals surface area contributed by atoms with Gasteiger partial charge in [-0.2, -0.15) is 0 Å². The Hall–Kier alpha value is -1.83. The fourth-order valence-corrected chi connectivity index (χ4v) is 3.81. The zero-order valence-electron chi connectivity index (χ0n) is 13.5. The second-order valence-corrected chi connectivity index (χ2v) is 7.02. The lowest BCUT2D eigenvalue weighted by atomic mass is 10.1. The molecule has 0 aliphatic carbocycles. The second-order valence-electron chi connectivity index (χ2n) is 5.95. The molecule has 1 unspecified atom stereocenters. The van der Waals surface area contributed by atoms with E-state index >= 15 is 0 Å². The maximum atomic E-state index is 12.2. The molecular formula is C17H22N4O2S. The van der Waals surface area contributed by atoms with Gasteiger partial charge in [0.2, 0.25) is 5.01 Å². The van der Waals surface area contributed by atoms with Crippen molar-refractivity contribution in [2.75, 3.05) is 18.5 Å². The van der Waals surface area contributed by atoms with Crippen molar-refractivity contribution in [1.29, 1.82) is 0 Å². The molecule has 2 aromatic rings. The Balaban J connectivity index is 1.58. The van der Waals surface area contributed by atoms with Crippen molar-refractivity contribution >= 4 is 22.9 Å². The molecule has 2 N–H and O–H groups in total. The molecule has 0 radical (unpaired) electrons. The number of amides is 1. The van der Waals surface area contributed by atoms with Crippen LogP contribution in [0, 0.1) is 0 Å². The van der Waals surface area contributed by atoms with Crippen LogP contribution in [0.25, 0.3) is 0 Å². The van der Waals surface area contributed by atoms with E-state index in [1.54, 1.807) is 0 Å². The van der Waals surface area contributed by atoms with E-state index in [-0.39, 0.29) is 12.5 Å². The van der Waals surface area contributed by atoms with E-state index in [9.17, 15) is 4.79 Å². The molecule has 0 spiro atoms. The highest BCUT2D eigenvalue weighted by molar-refractivity contribution is 7.13. The Bertz CT molecular complexity index is 662. The van der Waals surface area contributed by atoms with Crippen molar-refractivity contribution in [3.63, 3.8) is 0 Å².